The monoisotopic (exact) mass is 318 g/mol. The molecule has 1 unspecified atom stereocenters. The summed E-state index contributed by atoms with van der Waals surface area (Å²) in [6.07, 6.45) is 14.6. The van der Waals surface area contributed by atoms with Gasteiger partial charge in [0.05, 0.1) is 0 Å². The van der Waals surface area contributed by atoms with Crippen LogP contribution in [0.1, 0.15) is 68.7 Å². The zero-order valence-electron chi connectivity index (χ0n) is 17.3. The highest BCUT2D eigenvalue weighted by atomic mass is 14.1. The van der Waals surface area contributed by atoms with Gasteiger partial charge < -0.3 is 0 Å². The minimum atomic E-state index is 0.669. The smallest absolute Gasteiger partial charge is 0.00727 e. The van der Waals surface area contributed by atoms with E-state index >= 15 is 0 Å². The second-order valence-electron chi connectivity index (χ2n) is 5.54. The van der Waals surface area contributed by atoms with Crippen LogP contribution in [0.5, 0.6) is 0 Å². The van der Waals surface area contributed by atoms with E-state index in [1.54, 1.807) is 0 Å². The van der Waals surface area contributed by atoms with E-state index < -0.39 is 0 Å². The molecule has 0 N–H and O–H groups in total. The molecule has 134 valence electrons. The van der Waals surface area contributed by atoms with Crippen molar-refractivity contribution in [1.29, 1.82) is 0 Å². The van der Waals surface area contributed by atoms with Gasteiger partial charge in [0.15, 0.2) is 0 Å². The van der Waals surface area contributed by atoms with Crippen molar-refractivity contribution in [2.45, 2.75) is 68.7 Å². The predicted molar refractivity (Wildman–Crippen MR) is 112 cm³/mol. The van der Waals surface area contributed by atoms with Crippen molar-refractivity contribution in [3.8, 4) is 0 Å². The molecule has 2 aliphatic rings. The van der Waals surface area contributed by atoms with E-state index in [1.807, 2.05) is 27.7 Å². The topological polar surface area (TPSA) is 0 Å². The molecule has 2 aliphatic carbocycles. The number of hydrogen-bond acceptors (Lipinski definition) is 0. The molecule has 1 atom stereocenters. The Hall–Kier alpha value is -1.30. The first-order valence-corrected chi connectivity index (χ1v) is 9.27. The zero-order chi connectivity index (χ0) is 18.8. The van der Waals surface area contributed by atoms with Gasteiger partial charge in [0.2, 0.25) is 0 Å². The summed E-state index contributed by atoms with van der Waals surface area (Å²) in [5.74, 6) is 2.09. The third-order valence-electron chi connectivity index (χ3n) is 3.18. The average Bonchev–Trinajstić information content (AvgIpc) is 3.25. The van der Waals surface area contributed by atoms with Crippen LogP contribution < -0.4 is 0 Å². The van der Waals surface area contributed by atoms with Gasteiger partial charge in [-0.05, 0) is 35.3 Å². The number of allylic oxidation sites excluding steroid dienone is 8. The van der Waals surface area contributed by atoms with Crippen molar-refractivity contribution in [1.82, 2.24) is 0 Å². The molecule has 0 aromatic carbocycles. The molecule has 2 rings (SSSR count). The van der Waals surface area contributed by atoms with E-state index in [-0.39, 0.29) is 0 Å². The van der Waals surface area contributed by atoms with Crippen LogP contribution in [0.25, 0.3) is 0 Å². The van der Waals surface area contributed by atoms with Crippen LogP contribution in [0.15, 0.2) is 60.8 Å². The van der Waals surface area contributed by atoms with Gasteiger partial charge in [-0.3, -0.25) is 0 Å². The van der Waals surface area contributed by atoms with Crippen molar-refractivity contribution in [3.05, 3.63) is 60.8 Å². The number of rotatable bonds is 2. The van der Waals surface area contributed by atoms with Crippen molar-refractivity contribution >= 4 is 0 Å². The highest BCUT2D eigenvalue weighted by Crippen LogP contribution is 2.21. The molecule has 0 bridgehead atoms. The highest BCUT2D eigenvalue weighted by Gasteiger charge is 2.06. The SMILES string of the molecule is C=C.CC.CC.CC(C)C1=CCC=C1.CC1C=CC(C(C)C)=C1. The molecule has 0 spiro atoms. The Morgan fingerprint density at radius 1 is 0.870 bits per heavy atom. The lowest BCUT2D eigenvalue weighted by Crippen LogP contribution is -1.87. The first-order chi connectivity index (χ1) is 11.0. The summed E-state index contributed by atoms with van der Waals surface area (Å²) in [6, 6.07) is 0. The molecule has 0 nitrogen and oxygen atoms in total. The quantitative estimate of drug-likeness (QED) is 0.450. The van der Waals surface area contributed by atoms with Crippen LogP contribution in [0.2, 0.25) is 0 Å². The van der Waals surface area contributed by atoms with E-state index in [0.29, 0.717) is 17.8 Å². The fourth-order valence-electron chi connectivity index (χ4n) is 1.97. The number of hydrogen-bond donors (Lipinski definition) is 0. The second-order valence-corrected chi connectivity index (χ2v) is 5.54. The third-order valence-corrected chi connectivity index (χ3v) is 3.18. The van der Waals surface area contributed by atoms with Gasteiger partial charge in [0.25, 0.3) is 0 Å². The van der Waals surface area contributed by atoms with Gasteiger partial charge >= 0.3 is 0 Å². The Bertz CT molecular complexity index is 361. The van der Waals surface area contributed by atoms with Crippen molar-refractivity contribution in [2.24, 2.45) is 17.8 Å². The lowest BCUT2D eigenvalue weighted by Gasteiger charge is -2.01. The van der Waals surface area contributed by atoms with Crippen molar-refractivity contribution in [3.63, 3.8) is 0 Å². The molecule has 0 saturated carbocycles. The van der Waals surface area contributed by atoms with E-state index in [1.165, 1.54) is 11.1 Å². The van der Waals surface area contributed by atoms with Crippen molar-refractivity contribution in [2.75, 3.05) is 0 Å². The standard InChI is InChI=1S/C9H14.C8H12.2C2H6.C2H4/c1-7(2)9-5-4-8(3)6-9;1-7(2)8-5-3-4-6-8;3*1-2/h4-8H,1-3H3;3,5-7H,4H2,1-2H3;2*1-2H3;1-2H2. The van der Waals surface area contributed by atoms with Gasteiger partial charge in [-0.1, -0.05) is 98.8 Å². The predicted octanol–water partition coefficient (Wildman–Crippen LogP) is 8.16. The second kappa shape index (κ2) is 18.7. The maximum absolute atomic E-state index is 3.00. The van der Waals surface area contributed by atoms with E-state index in [2.05, 4.69) is 84.2 Å². The summed E-state index contributed by atoms with van der Waals surface area (Å²) in [5, 5.41) is 0. The zero-order valence-corrected chi connectivity index (χ0v) is 17.3. The molecule has 23 heavy (non-hydrogen) atoms. The van der Waals surface area contributed by atoms with E-state index in [4.69, 9.17) is 0 Å². The fourth-order valence-corrected chi connectivity index (χ4v) is 1.97. The molecule has 0 heterocycles. The first kappa shape index (κ1) is 26.6. The van der Waals surface area contributed by atoms with Crippen LogP contribution in [0.4, 0.5) is 0 Å². The Morgan fingerprint density at radius 2 is 1.35 bits per heavy atom. The van der Waals surface area contributed by atoms with Crippen LogP contribution in [0.3, 0.4) is 0 Å². The molecule has 0 radical (unpaired) electrons. The molecule has 0 saturated heterocycles. The lowest BCUT2D eigenvalue weighted by molar-refractivity contribution is 0.786. The minimum Gasteiger partial charge on any atom is -0.106 e. The molecule has 0 aromatic rings. The Kier molecular flexibility index (Phi) is 21.7. The fraction of sp³-hybridized carbons (Fsp3) is 0.565. The molecule has 0 amide bonds. The molecular formula is C23H42. The summed E-state index contributed by atoms with van der Waals surface area (Å²) in [7, 11) is 0. The Morgan fingerprint density at radius 3 is 1.52 bits per heavy atom. The highest BCUT2D eigenvalue weighted by molar-refractivity contribution is 5.29. The van der Waals surface area contributed by atoms with Crippen LogP contribution >= 0.6 is 0 Å². The van der Waals surface area contributed by atoms with Gasteiger partial charge in [0, 0.05) is 0 Å². The van der Waals surface area contributed by atoms with Gasteiger partial charge in [-0.25, -0.2) is 0 Å². The summed E-state index contributed by atoms with van der Waals surface area (Å²) >= 11 is 0. The minimum absolute atomic E-state index is 0.669. The van der Waals surface area contributed by atoms with Crippen LogP contribution in [-0.2, 0) is 0 Å². The molecule has 0 aromatic heterocycles. The molecule has 0 fully saturated rings. The van der Waals surface area contributed by atoms with E-state index in [9.17, 15) is 0 Å². The van der Waals surface area contributed by atoms with E-state index in [0.717, 1.165) is 6.42 Å². The summed E-state index contributed by atoms with van der Waals surface area (Å²) < 4.78 is 0. The maximum Gasteiger partial charge on any atom is -0.00727 e. The van der Waals surface area contributed by atoms with Crippen LogP contribution in [0, 0.1) is 17.8 Å². The Balaban J connectivity index is -0.000000264. The molecular weight excluding hydrogens is 276 g/mol. The van der Waals surface area contributed by atoms with Crippen LogP contribution in [-0.4, -0.2) is 0 Å². The normalized spacial score (nSPS) is 16.7. The summed E-state index contributed by atoms with van der Waals surface area (Å²) in [6.45, 7) is 25.1. The average molecular weight is 319 g/mol. The first-order valence-electron chi connectivity index (χ1n) is 9.27. The van der Waals surface area contributed by atoms with Gasteiger partial charge in [-0.2, -0.15) is 0 Å². The largest absolute Gasteiger partial charge is 0.106 e. The Labute approximate surface area is 147 Å². The summed E-state index contributed by atoms with van der Waals surface area (Å²) in [4.78, 5) is 0. The molecule has 0 heteroatoms. The molecule has 0 aliphatic heterocycles. The summed E-state index contributed by atoms with van der Waals surface area (Å²) in [5.41, 5.74) is 2.98. The van der Waals surface area contributed by atoms with Gasteiger partial charge in [0.1, 0.15) is 0 Å². The van der Waals surface area contributed by atoms with Gasteiger partial charge in [-0.15, -0.1) is 13.2 Å². The lowest BCUT2D eigenvalue weighted by atomic mass is 10.0. The van der Waals surface area contributed by atoms with Crippen molar-refractivity contribution < 1.29 is 0 Å². The third kappa shape index (κ3) is 14.0. The maximum atomic E-state index is 3.00.